The fraction of sp³-hybridized carbons (Fsp3) is 0.250. The van der Waals surface area contributed by atoms with Gasteiger partial charge in [0.05, 0.1) is 9.95 Å². The van der Waals surface area contributed by atoms with Crippen LogP contribution in [-0.2, 0) is 6.42 Å². The summed E-state index contributed by atoms with van der Waals surface area (Å²) in [7, 11) is 0. The van der Waals surface area contributed by atoms with Gasteiger partial charge in [-0.3, -0.25) is 10.1 Å². The van der Waals surface area contributed by atoms with E-state index in [1.54, 1.807) is 0 Å². The predicted octanol–water partition coefficient (Wildman–Crippen LogP) is 1.37. The summed E-state index contributed by atoms with van der Waals surface area (Å²) in [6, 6.07) is 2.97. The minimum Gasteiger partial charge on any atom is -0.396 e. The maximum Gasteiger partial charge on any atom is 0.296 e. The lowest BCUT2D eigenvalue weighted by Crippen LogP contribution is -2.02. The van der Waals surface area contributed by atoms with Crippen molar-refractivity contribution in [2.75, 3.05) is 12.3 Å². The smallest absolute Gasteiger partial charge is 0.296 e. The van der Waals surface area contributed by atoms with Crippen LogP contribution in [0.4, 0.5) is 11.4 Å². The van der Waals surface area contributed by atoms with Gasteiger partial charge in [-0.25, -0.2) is 0 Å². The fourth-order valence-electron chi connectivity index (χ4n) is 1.17. The molecule has 0 fully saturated rings. The van der Waals surface area contributed by atoms with E-state index in [2.05, 4.69) is 0 Å². The highest BCUT2D eigenvalue weighted by atomic mass is 35.5. The van der Waals surface area contributed by atoms with Crippen LogP contribution in [0.2, 0.25) is 5.02 Å². The van der Waals surface area contributed by atoms with Crippen LogP contribution in [0.3, 0.4) is 0 Å². The average Bonchev–Trinajstić information content (AvgIpc) is 2.11. The third-order valence-corrected chi connectivity index (χ3v) is 2.14. The van der Waals surface area contributed by atoms with Crippen LogP contribution in [0.15, 0.2) is 12.1 Å². The molecule has 1 aromatic carbocycles. The van der Waals surface area contributed by atoms with Crippen molar-refractivity contribution in [1.82, 2.24) is 0 Å². The molecular weight excluding hydrogens is 208 g/mol. The van der Waals surface area contributed by atoms with Crippen molar-refractivity contribution in [1.29, 1.82) is 0 Å². The summed E-state index contributed by atoms with van der Waals surface area (Å²) in [5, 5.41) is 19.5. The molecule has 0 aliphatic carbocycles. The Labute approximate surface area is 85.3 Å². The van der Waals surface area contributed by atoms with Crippen molar-refractivity contribution in [3.63, 3.8) is 0 Å². The van der Waals surface area contributed by atoms with E-state index in [-0.39, 0.29) is 29.4 Å². The average molecular weight is 217 g/mol. The highest BCUT2D eigenvalue weighted by molar-refractivity contribution is 6.33. The number of anilines is 1. The van der Waals surface area contributed by atoms with E-state index in [0.29, 0.717) is 5.56 Å². The second-order valence-electron chi connectivity index (χ2n) is 2.70. The molecule has 0 aromatic heterocycles. The molecule has 5 nitrogen and oxygen atoms in total. The molecule has 6 heteroatoms. The van der Waals surface area contributed by atoms with Gasteiger partial charge in [-0.2, -0.15) is 0 Å². The van der Waals surface area contributed by atoms with Gasteiger partial charge in [0.25, 0.3) is 5.69 Å². The van der Waals surface area contributed by atoms with Crippen LogP contribution in [-0.4, -0.2) is 16.6 Å². The summed E-state index contributed by atoms with van der Waals surface area (Å²) in [5.74, 6) is 0. The Morgan fingerprint density at radius 1 is 1.57 bits per heavy atom. The Balaban J connectivity index is 3.30. The van der Waals surface area contributed by atoms with E-state index < -0.39 is 4.92 Å². The van der Waals surface area contributed by atoms with Crippen molar-refractivity contribution in [2.24, 2.45) is 0 Å². The van der Waals surface area contributed by atoms with Crippen molar-refractivity contribution < 1.29 is 10.0 Å². The first-order valence-corrected chi connectivity index (χ1v) is 4.27. The molecule has 0 unspecified atom stereocenters. The second-order valence-corrected chi connectivity index (χ2v) is 3.11. The number of nitrogens with zero attached hydrogens (tertiary/aromatic N) is 1. The number of nitro groups is 1. The number of aliphatic hydroxyl groups is 1. The summed E-state index contributed by atoms with van der Waals surface area (Å²) >= 11 is 5.64. The van der Waals surface area contributed by atoms with E-state index >= 15 is 0 Å². The Hall–Kier alpha value is -1.33. The molecule has 76 valence electrons. The van der Waals surface area contributed by atoms with E-state index in [0.717, 1.165) is 0 Å². The molecule has 0 saturated carbocycles. The van der Waals surface area contributed by atoms with E-state index in [1.807, 2.05) is 0 Å². The topological polar surface area (TPSA) is 89.4 Å². The molecule has 1 rings (SSSR count). The van der Waals surface area contributed by atoms with Crippen LogP contribution >= 0.6 is 11.6 Å². The number of rotatable bonds is 3. The molecule has 0 spiro atoms. The van der Waals surface area contributed by atoms with Crippen LogP contribution in [0.1, 0.15) is 5.56 Å². The summed E-state index contributed by atoms with van der Waals surface area (Å²) in [4.78, 5) is 10.1. The summed E-state index contributed by atoms with van der Waals surface area (Å²) in [6.45, 7) is -0.165. The Morgan fingerprint density at radius 3 is 2.71 bits per heavy atom. The van der Waals surface area contributed by atoms with Crippen molar-refractivity contribution in [2.45, 2.75) is 6.42 Å². The summed E-state index contributed by atoms with van der Waals surface area (Å²) < 4.78 is 0. The van der Waals surface area contributed by atoms with Gasteiger partial charge in [-0.05, 0) is 6.07 Å². The number of nitro benzene ring substituents is 1. The molecule has 0 amide bonds. The number of nitrogens with two attached hydrogens (primary N) is 1. The zero-order chi connectivity index (χ0) is 10.7. The van der Waals surface area contributed by atoms with Crippen molar-refractivity contribution >= 4 is 23.0 Å². The van der Waals surface area contributed by atoms with Gasteiger partial charge in [0.15, 0.2) is 0 Å². The fourth-order valence-corrected chi connectivity index (χ4v) is 1.32. The molecule has 3 N–H and O–H groups in total. The number of hydrogen-bond donors (Lipinski definition) is 2. The maximum atomic E-state index is 10.7. The van der Waals surface area contributed by atoms with Crippen LogP contribution in [0.25, 0.3) is 0 Å². The monoisotopic (exact) mass is 216 g/mol. The molecule has 0 aliphatic rings. The first kappa shape index (κ1) is 10.7. The molecule has 0 heterocycles. The largest absolute Gasteiger partial charge is 0.396 e. The van der Waals surface area contributed by atoms with Gasteiger partial charge in [0.2, 0.25) is 0 Å². The van der Waals surface area contributed by atoms with Crippen LogP contribution in [0, 0.1) is 10.1 Å². The van der Waals surface area contributed by atoms with Crippen LogP contribution < -0.4 is 5.73 Å². The van der Waals surface area contributed by atoms with Gasteiger partial charge >= 0.3 is 0 Å². The number of benzene rings is 1. The Bertz CT molecular complexity index is 368. The zero-order valence-corrected chi connectivity index (χ0v) is 7.99. The first-order valence-electron chi connectivity index (χ1n) is 3.90. The zero-order valence-electron chi connectivity index (χ0n) is 7.24. The van der Waals surface area contributed by atoms with Crippen molar-refractivity contribution in [3.8, 4) is 0 Å². The highest BCUT2D eigenvalue weighted by Gasteiger charge is 2.19. The number of nitrogen functional groups attached to an aromatic ring is 1. The van der Waals surface area contributed by atoms with Gasteiger partial charge < -0.3 is 10.8 Å². The van der Waals surface area contributed by atoms with Gasteiger partial charge in [0, 0.05) is 18.6 Å². The number of halogens is 1. The number of aliphatic hydroxyl groups excluding tert-OH is 1. The lowest BCUT2D eigenvalue weighted by molar-refractivity contribution is -0.384. The molecule has 0 radical (unpaired) electrons. The third kappa shape index (κ3) is 1.94. The molecular formula is C8H9ClN2O3. The molecule has 0 bridgehead atoms. The molecule has 1 aromatic rings. The maximum absolute atomic E-state index is 10.7. The summed E-state index contributed by atoms with van der Waals surface area (Å²) in [6.07, 6.45) is 0.192. The van der Waals surface area contributed by atoms with Gasteiger partial charge in [-0.15, -0.1) is 0 Å². The molecule has 0 aliphatic heterocycles. The molecule has 14 heavy (non-hydrogen) atoms. The van der Waals surface area contributed by atoms with Crippen LogP contribution in [0.5, 0.6) is 0 Å². The first-order chi connectivity index (χ1) is 6.57. The normalized spacial score (nSPS) is 10.1. The highest BCUT2D eigenvalue weighted by Crippen LogP contribution is 2.32. The standard InChI is InChI=1S/C8H9ClN2O3/c9-6-2-1-5(3-4-12)8(7(6)10)11(13)14/h1-2,12H,3-4,10H2. The quantitative estimate of drug-likeness (QED) is 0.454. The molecule has 0 saturated heterocycles. The molecule has 0 atom stereocenters. The van der Waals surface area contributed by atoms with E-state index in [9.17, 15) is 10.1 Å². The minimum absolute atomic E-state index is 0.0531. The lowest BCUT2D eigenvalue weighted by atomic mass is 10.1. The van der Waals surface area contributed by atoms with Gasteiger partial charge in [0.1, 0.15) is 5.69 Å². The predicted molar refractivity (Wildman–Crippen MR) is 53.3 cm³/mol. The third-order valence-electron chi connectivity index (χ3n) is 1.81. The SMILES string of the molecule is Nc1c(Cl)ccc(CCO)c1[N+](=O)[O-]. The minimum atomic E-state index is -0.591. The Kier molecular flexibility index (Phi) is 3.27. The van der Waals surface area contributed by atoms with Crippen molar-refractivity contribution in [3.05, 3.63) is 32.8 Å². The van der Waals surface area contributed by atoms with Gasteiger partial charge in [-0.1, -0.05) is 17.7 Å². The van der Waals surface area contributed by atoms with E-state index in [4.69, 9.17) is 22.4 Å². The Morgan fingerprint density at radius 2 is 2.21 bits per heavy atom. The second kappa shape index (κ2) is 4.26. The number of hydrogen-bond acceptors (Lipinski definition) is 4. The van der Waals surface area contributed by atoms with E-state index in [1.165, 1.54) is 12.1 Å². The summed E-state index contributed by atoms with van der Waals surface area (Å²) in [5.41, 5.74) is 5.58. The lowest BCUT2D eigenvalue weighted by Gasteiger charge is -2.04.